The molecule has 1 spiro atoms. The maximum atomic E-state index is 15.1. The number of aromatic nitrogens is 2. The van der Waals surface area contributed by atoms with E-state index in [2.05, 4.69) is 92.1 Å². The standard InChI is InChI=1S/C54H73N3O6/c1-32-24-34(27-36(25-32)35-13-22-62-23-14-35)28-37-30-57(39-12-20-56-46(37)39)31-38-45-44(33(2)26-40(58)47-49(3,4)63-47)41(59)29-53(45)15-9-16-54(38,61)48-51(6)17-11-43(60)50(5,19-21-55-8)42(51)10-18-52(48,53)7/h9,12,16,20,24-25,27,30,33,35,38,40,42,47-48,55-56,58,61H,10-11,13-15,17-19,21-23,26,28-29,31H2,1-8H3. The molecule has 1 aromatic carbocycles. The third-order valence-corrected chi connectivity index (χ3v) is 18.9. The Bertz CT molecular complexity index is 2380. The summed E-state index contributed by atoms with van der Waals surface area (Å²) in [5, 5.41) is 29.2. The fourth-order valence-electron chi connectivity index (χ4n) is 16.1. The van der Waals surface area contributed by atoms with Crippen LogP contribution in [0.2, 0.25) is 0 Å². The second-order valence-electron chi connectivity index (χ2n) is 22.9. The van der Waals surface area contributed by atoms with Crippen molar-refractivity contribution in [3.05, 3.63) is 82.2 Å². The second kappa shape index (κ2) is 15.1. The van der Waals surface area contributed by atoms with Gasteiger partial charge in [-0.15, -0.1) is 0 Å². The Hall–Kier alpha value is -3.34. The minimum Gasteiger partial charge on any atom is -0.390 e. The summed E-state index contributed by atoms with van der Waals surface area (Å²) in [5.74, 6) is 0.383. The highest BCUT2D eigenvalue weighted by Gasteiger charge is 2.77. The Labute approximate surface area is 374 Å². The number of carbonyl (C=O) groups is 2. The molecule has 11 unspecified atom stereocenters. The molecule has 2 saturated heterocycles. The Kier molecular flexibility index (Phi) is 10.4. The molecule has 340 valence electrons. The average Bonchev–Trinajstić information content (AvgIpc) is 3.48. The zero-order valence-electron chi connectivity index (χ0n) is 39.2. The first kappa shape index (κ1) is 43.5. The molecule has 0 amide bonds. The zero-order chi connectivity index (χ0) is 44.5. The van der Waals surface area contributed by atoms with Gasteiger partial charge in [-0.05, 0) is 148 Å². The van der Waals surface area contributed by atoms with Crippen LogP contribution in [0.4, 0.5) is 0 Å². The number of allylic oxidation sites excluding steroid dienone is 2. The van der Waals surface area contributed by atoms with Crippen LogP contribution in [0.3, 0.4) is 0 Å². The number of hydrogen-bond acceptors (Lipinski definition) is 7. The molecule has 8 aliphatic rings. The lowest BCUT2D eigenvalue weighted by molar-refractivity contribution is -0.245. The molecule has 3 aromatic rings. The molecule has 9 heteroatoms. The van der Waals surface area contributed by atoms with Crippen LogP contribution in [-0.4, -0.2) is 81.5 Å². The van der Waals surface area contributed by atoms with Crippen molar-refractivity contribution in [3.63, 3.8) is 0 Å². The lowest BCUT2D eigenvalue weighted by Gasteiger charge is -2.72. The predicted octanol–water partition coefficient (Wildman–Crippen LogP) is 8.92. The molecule has 9 nitrogen and oxygen atoms in total. The van der Waals surface area contributed by atoms with Crippen LogP contribution in [0, 0.1) is 52.3 Å². The van der Waals surface area contributed by atoms with Crippen molar-refractivity contribution >= 4 is 22.6 Å². The summed E-state index contributed by atoms with van der Waals surface area (Å²) in [7, 11) is 1.97. The van der Waals surface area contributed by atoms with Crippen LogP contribution < -0.4 is 5.32 Å². The van der Waals surface area contributed by atoms with Crippen LogP contribution >= 0.6 is 0 Å². The number of aryl methyl sites for hydroxylation is 1. The van der Waals surface area contributed by atoms with Crippen molar-refractivity contribution in [2.75, 3.05) is 26.8 Å². The molecule has 5 fully saturated rings. The first-order valence-corrected chi connectivity index (χ1v) is 24.4. The first-order chi connectivity index (χ1) is 29.9. The molecule has 2 bridgehead atoms. The maximum Gasteiger partial charge on any atom is 0.160 e. The fourth-order valence-corrected chi connectivity index (χ4v) is 16.1. The molecule has 0 radical (unpaired) electrons. The molecule has 2 aromatic heterocycles. The number of carbonyl (C=O) groups excluding carboxylic acids is 2. The van der Waals surface area contributed by atoms with E-state index < -0.39 is 33.9 Å². The molecule has 63 heavy (non-hydrogen) atoms. The molecule has 11 atom stereocenters. The summed E-state index contributed by atoms with van der Waals surface area (Å²) in [6, 6.07) is 9.24. The van der Waals surface area contributed by atoms with E-state index in [1.54, 1.807) is 0 Å². The fraction of sp³-hybridized carbons (Fsp3) is 0.667. The molecule has 3 saturated carbocycles. The molecule has 2 aliphatic heterocycles. The van der Waals surface area contributed by atoms with Crippen LogP contribution in [0.15, 0.2) is 60.0 Å². The maximum absolute atomic E-state index is 15.1. The number of ketones is 2. The van der Waals surface area contributed by atoms with Crippen molar-refractivity contribution in [1.29, 1.82) is 0 Å². The molecule has 4 heterocycles. The highest BCUT2D eigenvalue weighted by Crippen LogP contribution is 2.79. The van der Waals surface area contributed by atoms with Crippen LogP contribution in [0.5, 0.6) is 0 Å². The smallest absolute Gasteiger partial charge is 0.160 e. The number of epoxide rings is 1. The van der Waals surface area contributed by atoms with Gasteiger partial charge < -0.3 is 34.6 Å². The van der Waals surface area contributed by atoms with Gasteiger partial charge in [0.2, 0.25) is 0 Å². The number of Topliss-reactive ketones (excluding diaryl/α,β-unsaturated/α-hetero) is 2. The van der Waals surface area contributed by atoms with Gasteiger partial charge in [0.05, 0.1) is 28.3 Å². The lowest BCUT2D eigenvalue weighted by Crippen LogP contribution is -2.71. The number of rotatable bonds is 12. The molecule has 11 rings (SSSR count). The number of aliphatic hydroxyl groups is 2. The van der Waals surface area contributed by atoms with Gasteiger partial charge in [0, 0.05) is 74.1 Å². The summed E-state index contributed by atoms with van der Waals surface area (Å²) >= 11 is 0. The van der Waals surface area contributed by atoms with E-state index in [1.165, 1.54) is 22.3 Å². The van der Waals surface area contributed by atoms with E-state index in [4.69, 9.17) is 9.47 Å². The largest absolute Gasteiger partial charge is 0.390 e. The monoisotopic (exact) mass is 860 g/mol. The number of benzene rings is 1. The van der Waals surface area contributed by atoms with Crippen LogP contribution in [-0.2, 0) is 32.0 Å². The summed E-state index contributed by atoms with van der Waals surface area (Å²) < 4.78 is 14.0. The summed E-state index contributed by atoms with van der Waals surface area (Å²) in [4.78, 5) is 32.9. The number of aliphatic hydroxyl groups excluding tert-OH is 1. The van der Waals surface area contributed by atoms with Gasteiger partial charge >= 0.3 is 0 Å². The normalized spacial score (nSPS) is 38.1. The summed E-state index contributed by atoms with van der Waals surface area (Å²) in [6.45, 7) is 18.3. The molecular formula is C54H73N3O6. The van der Waals surface area contributed by atoms with Crippen molar-refractivity contribution in [3.8, 4) is 0 Å². The lowest BCUT2D eigenvalue weighted by atomic mass is 9.32. The first-order valence-electron chi connectivity index (χ1n) is 24.4. The summed E-state index contributed by atoms with van der Waals surface area (Å²) in [6.07, 6.45) is 16.0. The van der Waals surface area contributed by atoms with E-state index in [0.29, 0.717) is 43.9 Å². The van der Waals surface area contributed by atoms with E-state index in [1.807, 2.05) is 27.1 Å². The summed E-state index contributed by atoms with van der Waals surface area (Å²) in [5.41, 5.74) is 5.98. The number of nitrogens with zero attached hydrogens (tertiary/aromatic N) is 1. The van der Waals surface area contributed by atoms with Gasteiger partial charge in [0.1, 0.15) is 11.9 Å². The SMILES string of the molecule is CNCCC1(C)C(=O)CCC2(C)C1CCC1(C)C2C2(O)C=CCC13CC(=O)C(C(C)CC(O)C1OC1(C)C)=C3C2Cn1cc(Cc2cc(C)cc(C3CCOCC3)c2)c2[nH]ccc21. The van der Waals surface area contributed by atoms with Crippen molar-refractivity contribution < 1.29 is 29.3 Å². The third-order valence-electron chi connectivity index (χ3n) is 18.9. The van der Waals surface area contributed by atoms with Gasteiger partial charge in [0.15, 0.2) is 5.78 Å². The van der Waals surface area contributed by atoms with Gasteiger partial charge in [-0.25, -0.2) is 0 Å². The third kappa shape index (κ3) is 6.47. The van der Waals surface area contributed by atoms with Crippen molar-refractivity contribution in [2.45, 2.75) is 155 Å². The number of ether oxygens (including phenoxy) is 2. The minimum absolute atomic E-state index is 0.112. The van der Waals surface area contributed by atoms with Gasteiger partial charge in [0.25, 0.3) is 0 Å². The highest BCUT2D eigenvalue weighted by molar-refractivity contribution is 6.01. The highest BCUT2D eigenvalue weighted by atomic mass is 16.6. The quantitative estimate of drug-likeness (QED) is 0.106. The van der Waals surface area contributed by atoms with Crippen LogP contribution in [0.25, 0.3) is 11.0 Å². The molecular weight excluding hydrogens is 787 g/mol. The Morgan fingerprint density at radius 1 is 1.05 bits per heavy atom. The zero-order valence-corrected chi connectivity index (χ0v) is 39.2. The number of H-pyrrole nitrogens is 1. The van der Waals surface area contributed by atoms with Gasteiger partial charge in [-0.3, -0.25) is 9.59 Å². The molecule has 6 aliphatic carbocycles. The topological polar surface area (TPSA) is 129 Å². The second-order valence-corrected chi connectivity index (χ2v) is 22.9. The van der Waals surface area contributed by atoms with Gasteiger partial charge in [-0.2, -0.15) is 0 Å². The van der Waals surface area contributed by atoms with Crippen molar-refractivity contribution in [1.82, 2.24) is 14.9 Å². The Morgan fingerprint density at radius 3 is 2.54 bits per heavy atom. The number of aromatic amines is 1. The van der Waals surface area contributed by atoms with E-state index in [0.717, 1.165) is 86.9 Å². The number of hydrogen-bond donors (Lipinski definition) is 4. The van der Waals surface area contributed by atoms with Crippen molar-refractivity contribution in [2.24, 2.45) is 45.3 Å². The van der Waals surface area contributed by atoms with E-state index in [9.17, 15) is 15.0 Å². The predicted molar refractivity (Wildman–Crippen MR) is 246 cm³/mol. The van der Waals surface area contributed by atoms with E-state index in [-0.39, 0.29) is 40.7 Å². The Balaban J connectivity index is 1.10. The number of nitrogens with one attached hydrogen (secondary N) is 2. The Morgan fingerprint density at radius 2 is 1.81 bits per heavy atom. The van der Waals surface area contributed by atoms with Crippen LogP contribution in [0.1, 0.15) is 134 Å². The molecule has 4 N–H and O–H groups in total. The minimum atomic E-state index is -1.29. The van der Waals surface area contributed by atoms with Gasteiger partial charge in [-0.1, -0.05) is 63.6 Å². The average molecular weight is 860 g/mol. The number of fused-ring (bicyclic) bond motifs is 3. The van der Waals surface area contributed by atoms with E-state index >= 15 is 4.79 Å².